The molecule has 0 N–H and O–H groups in total. The van der Waals surface area contributed by atoms with Crippen LogP contribution in [0.1, 0.15) is 61.0 Å². The van der Waals surface area contributed by atoms with Gasteiger partial charge in [-0.3, -0.25) is 9.59 Å². The summed E-state index contributed by atoms with van der Waals surface area (Å²) in [6, 6.07) is -0.106. The SMILES string of the molecule is [2H]c1c(C)c([2H])c2c(=O)c([2H])c(SC([2H])([2H])c3cccc(F)c3F)n(C([2H])([2H])C(=O)N(C([2H])([2H])c3ccc(-c4ccc(C(F)(F)F)cc4)cc3)C3([2H])C([2H])([2H])C([2H])([2H])N(CCOC)C([2H])([2H])C3([2H])[2H])c2c1[2H]. The second-order valence-corrected chi connectivity index (χ2v) is 11.9. The fourth-order valence-corrected chi connectivity index (χ4v) is 5.52. The molecular weight excluding hydrogens is 710 g/mol. The summed E-state index contributed by atoms with van der Waals surface area (Å²) in [7, 11) is 1.07. The number of hydrogen-bond donors (Lipinski definition) is 0. The largest absolute Gasteiger partial charge is 0.416 e. The second-order valence-electron chi connectivity index (χ2n) is 11.1. The van der Waals surface area contributed by atoms with Crippen LogP contribution in [0.5, 0.6) is 0 Å². The Morgan fingerprint density at radius 1 is 1.04 bits per heavy atom. The number of ether oxygens (including phenoxy) is 1. The van der Waals surface area contributed by atoms with Crippen molar-refractivity contribution in [2.24, 2.45) is 0 Å². The van der Waals surface area contributed by atoms with E-state index in [-0.39, 0.29) is 20.6 Å². The fraction of sp³-hybridized carbons (Fsp3) is 0.317. The Morgan fingerprint density at radius 2 is 1.72 bits per heavy atom. The van der Waals surface area contributed by atoms with Gasteiger partial charge in [0.25, 0.3) is 0 Å². The molecule has 4 aromatic carbocycles. The van der Waals surface area contributed by atoms with Gasteiger partial charge in [0.2, 0.25) is 5.91 Å². The second kappa shape index (κ2) is 16.7. The number of thioether (sulfide) groups is 1. The molecule has 6 rings (SSSR count). The Bertz CT molecular complexity index is 3010. The average molecular weight is 769 g/mol. The van der Waals surface area contributed by atoms with E-state index in [4.69, 9.17) is 18.4 Å². The van der Waals surface area contributed by atoms with Crippen LogP contribution in [0.25, 0.3) is 22.0 Å². The van der Waals surface area contributed by atoms with E-state index in [0.29, 0.717) is 24.3 Å². The Labute approximate surface area is 335 Å². The molecule has 1 aliphatic heterocycles. The van der Waals surface area contributed by atoms with Gasteiger partial charge in [-0.15, -0.1) is 11.8 Å². The zero-order valence-corrected chi connectivity index (χ0v) is 28.4. The van der Waals surface area contributed by atoms with Gasteiger partial charge in [0.1, 0.15) is 6.50 Å². The Kier molecular flexibility index (Phi) is 6.54. The summed E-state index contributed by atoms with van der Waals surface area (Å²) < 4.78 is 248. The van der Waals surface area contributed by atoms with Gasteiger partial charge in [0, 0.05) is 75.6 Å². The fourth-order valence-electron chi connectivity index (χ4n) is 4.78. The molecule has 0 aliphatic carbocycles. The number of carbonyl (C=O) groups excluding carboxylic acids is 1. The number of methoxy groups -OCH3 is 1. The molecule has 0 spiro atoms. The summed E-state index contributed by atoms with van der Waals surface area (Å²) in [4.78, 5) is 29.0. The summed E-state index contributed by atoms with van der Waals surface area (Å²) in [6.45, 7) is -17.1. The molecule has 0 unspecified atom stereocenters. The van der Waals surface area contributed by atoms with Gasteiger partial charge >= 0.3 is 6.18 Å². The highest BCUT2D eigenvalue weighted by atomic mass is 32.2. The maximum Gasteiger partial charge on any atom is 0.416 e. The Hall–Kier alpha value is -4.52. The van der Waals surface area contributed by atoms with Crippen LogP contribution in [0.4, 0.5) is 22.0 Å². The van der Waals surface area contributed by atoms with E-state index in [1.165, 1.54) is 0 Å². The monoisotopic (exact) mass is 768 g/mol. The first kappa shape index (κ1) is 20.8. The van der Waals surface area contributed by atoms with Crippen LogP contribution in [0.3, 0.4) is 0 Å². The number of halogens is 5. The summed E-state index contributed by atoms with van der Waals surface area (Å²) >= 11 is -0.472. The summed E-state index contributed by atoms with van der Waals surface area (Å²) in [6.07, 6.45) is -13.6. The van der Waals surface area contributed by atoms with Gasteiger partial charge in [-0.2, -0.15) is 13.2 Å². The Morgan fingerprint density at radius 3 is 2.38 bits per heavy atom. The van der Waals surface area contributed by atoms with E-state index >= 15 is 9.18 Å². The molecule has 12 heteroatoms. The van der Waals surface area contributed by atoms with Gasteiger partial charge in [0.05, 0.1) is 35.0 Å². The number of carbonyl (C=O) groups is 1. The number of piperidine rings is 1. The molecule has 0 radical (unpaired) electrons. The summed E-state index contributed by atoms with van der Waals surface area (Å²) in [5.74, 6) is -6.15. The molecule has 2 heterocycles. The van der Waals surface area contributed by atoms with Crippen LogP contribution < -0.4 is 5.43 Å². The standard InChI is InChI=1S/C41H40F5N3O3S/c1-27-6-15-36-34(22-27)37(50)23-39(53-26-31-4-3-5-35(42)40(31)43)49(36)25-38(51)48(33-16-18-47(19-17-33)20-21-52-2)24-28-7-9-29(10-8-28)30-11-13-32(14-12-30)41(44,45)46/h3-15,22-23,33H,16-21,24-26H2,1-2H3/i6D,15D,16D2,17D2,18D2,19D2,22D,23D,24D2,25D2,26D2,33D. The van der Waals surface area contributed by atoms with Crippen molar-refractivity contribution >= 4 is 28.6 Å². The first-order valence-electron chi connectivity index (χ1n) is 25.0. The topological polar surface area (TPSA) is 54.8 Å². The molecule has 1 saturated heterocycles. The molecule has 5 aromatic rings. The number of rotatable bonds is 12. The Balaban J connectivity index is 1.74. The lowest BCUT2D eigenvalue weighted by Gasteiger charge is -2.39. The predicted octanol–water partition coefficient (Wildman–Crippen LogP) is 8.71. The summed E-state index contributed by atoms with van der Waals surface area (Å²) in [5.41, 5.74) is -9.73. The van der Waals surface area contributed by atoms with Gasteiger partial charge in [0.15, 0.2) is 17.1 Å². The number of amides is 1. The first-order chi connectivity index (χ1) is 32.8. The van der Waals surface area contributed by atoms with Gasteiger partial charge in [-0.05, 0) is 66.6 Å². The average Bonchev–Trinajstić information content (AvgIpc) is 3.28. The lowest BCUT2D eigenvalue weighted by Crippen LogP contribution is -2.48. The minimum atomic E-state index is -4.74. The normalized spacial score (nSPS) is 24.6. The van der Waals surface area contributed by atoms with Gasteiger partial charge in [-0.25, -0.2) is 8.78 Å². The van der Waals surface area contributed by atoms with Crippen molar-refractivity contribution < 1.29 is 57.5 Å². The molecular formula is C41H40F5N3O3S. The zero-order chi connectivity index (χ0) is 54.7. The minimum Gasteiger partial charge on any atom is -0.383 e. The maximum absolute atomic E-state index is 15.8. The molecule has 1 fully saturated rings. The molecule has 278 valence electrons. The zero-order valence-electron chi connectivity index (χ0n) is 46.6. The van der Waals surface area contributed by atoms with E-state index < -0.39 is 172 Å². The first-order valence-corrected chi connectivity index (χ1v) is 16.3. The van der Waals surface area contributed by atoms with E-state index in [0.717, 1.165) is 56.5 Å². The van der Waals surface area contributed by atoms with Crippen molar-refractivity contribution in [2.75, 3.05) is 33.3 Å². The molecule has 53 heavy (non-hydrogen) atoms. The number of benzene rings is 4. The van der Waals surface area contributed by atoms with Crippen LogP contribution in [-0.2, 0) is 34.4 Å². The molecule has 0 atom stereocenters. The van der Waals surface area contributed by atoms with Crippen LogP contribution in [-0.4, -0.2) is 59.5 Å². The van der Waals surface area contributed by atoms with E-state index in [9.17, 15) is 34.7 Å². The van der Waals surface area contributed by atoms with Crippen LogP contribution in [0, 0.1) is 18.6 Å². The third kappa shape index (κ3) is 9.17. The van der Waals surface area contributed by atoms with Crippen LogP contribution >= 0.6 is 11.8 Å². The van der Waals surface area contributed by atoms with Gasteiger partial charge < -0.3 is 19.1 Å². The quantitative estimate of drug-likeness (QED) is 0.0940. The maximum atomic E-state index is 15.8. The van der Waals surface area contributed by atoms with Crippen molar-refractivity contribution in [3.8, 4) is 11.1 Å². The molecule has 6 nitrogen and oxygen atoms in total. The van der Waals surface area contributed by atoms with Crippen molar-refractivity contribution in [3.63, 3.8) is 0 Å². The number of hydrogen-bond acceptors (Lipinski definition) is 5. The van der Waals surface area contributed by atoms with Crippen molar-refractivity contribution in [1.29, 1.82) is 0 Å². The molecule has 1 aromatic heterocycles. The number of aromatic nitrogens is 1. The van der Waals surface area contributed by atoms with E-state index in [1.807, 2.05) is 0 Å². The third-order valence-corrected chi connectivity index (χ3v) is 8.24. The number of alkyl halides is 3. The minimum absolute atomic E-state index is 0.0355. The van der Waals surface area contributed by atoms with Crippen molar-refractivity contribution in [3.05, 3.63) is 135 Å². The van der Waals surface area contributed by atoms with Crippen molar-refractivity contribution in [2.45, 2.75) is 55.6 Å². The number of pyridine rings is 1. The number of fused-ring (bicyclic) bond motifs is 1. The van der Waals surface area contributed by atoms with Crippen LogP contribution in [0.2, 0.25) is 0 Å². The van der Waals surface area contributed by atoms with Gasteiger partial charge in [-0.1, -0.05) is 60.1 Å². The highest BCUT2D eigenvalue weighted by Gasteiger charge is 2.31. The molecule has 0 saturated carbocycles. The summed E-state index contributed by atoms with van der Waals surface area (Å²) in [5, 5.41) is -2.53. The number of nitrogens with zero attached hydrogens (tertiary/aromatic N) is 3. The smallest absolute Gasteiger partial charge is 0.383 e. The molecule has 1 aliphatic rings. The lowest BCUT2D eigenvalue weighted by atomic mass is 10.00. The highest BCUT2D eigenvalue weighted by Crippen LogP contribution is 2.32. The lowest BCUT2D eigenvalue weighted by molar-refractivity contribution is -0.137. The van der Waals surface area contributed by atoms with E-state index in [1.54, 1.807) is 0 Å². The molecule has 1 amide bonds. The number of likely N-dealkylation sites (tertiary alicyclic amines) is 1. The van der Waals surface area contributed by atoms with E-state index in [2.05, 4.69) is 0 Å². The highest BCUT2D eigenvalue weighted by molar-refractivity contribution is 7.98. The predicted molar refractivity (Wildman–Crippen MR) is 198 cm³/mol. The molecule has 0 bridgehead atoms. The van der Waals surface area contributed by atoms with Crippen molar-refractivity contribution in [1.82, 2.24) is 14.4 Å². The third-order valence-electron chi connectivity index (χ3n) is 7.44. The van der Waals surface area contributed by atoms with Crippen LogP contribution in [0.15, 0.2) is 101 Å².